The molecule has 5 heteroatoms. The van der Waals surface area contributed by atoms with Gasteiger partial charge in [0.15, 0.2) is 0 Å². The number of aromatic nitrogens is 1. The normalized spacial score (nSPS) is 11.1. The van der Waals surface area contributed by atoms with E-state index >= 15 is 0 Å². The molecular formula is C21H24ClN3O. The number of para-hydroxylation sites is 1. The molecular weight excluding hydrogens is 346 g/mol. The van der Waals surface area contributed by atoms with Crippen molar-refractivity contribution in [3.63, 3.8) is 0 Å². The first-order valence-electron chi connectivity index (χ1n) is 8.69. The van der Waals surface area contributed by atoms with E-state index in [0.29, 0.717) is 18.2 Å². The molecule has 1 aromatic heterocycles. The number of fused-ring (bicyclic) bond motifs is 1. The van der Waals surface area contributed by atoms with Gasteiger partial charge in [-0.15, -0.1) is 0 Å². The highest BCUT2D eigenvalue weighted by molar-refractivity contribution is 6.32. The minimum atomic E-state index is 0.609. The molecule has 0 aliphatic heterocycles. The number of likely N-dealkylation sites (N-methyl/N-ethyl adjacent to an activating group) is 1. The number of hydrogen-bond donors (Lipinski definition) is 1. The molecule has 0 bridgehead atoms. The van der Waals surface area contributed by atoms with Crippen LogP contribution in [0.5, 0.6) is 5.75 Å². The van der Waals surface area contributed by atoms with Gasteiger partial charge in [0.05, 0.1) is 10.5 Å². The van der Waals surface area contributed by atoms with Gasteiger partial charge in [-0.3, -0.25) is 4.98 Å². The van der Waals surface area contributed by atoms with Gasteiger partial charge in [-0.2, -0.15) is 0 Å². The molecule has 2 aromatic carbocycles. The van der Waals surface area contributed by atoms with Crippen molar-refractivity contribution in [2.45, 2.75) is 13.5 Å². The van der Waals surface area contributed by atoms with Gasteiger partial charge in [-0.05, 0) is 50.8 Å². The number of pyridine rings is 1. The van der Waals surface area contributed by atoms with E-state index in [1.54, 1.807) is 0 Å². The fourth-order valence-electron chi connectivity index (χ4n) is 2.76. The zero-order chi connectivity index (χ0) is 18.5. The van der Waals surface area contributed by atoms with Crippen LogP contribution < -0.4 is 10.1 Å². The summed E-state index contributed by atoms with van der Waals surface area (Å²) in [5, 5.41) is 5.28. The summed E-state index contributed by atoms with van der Waals surface area (Å²) in [6.45, 7) is 4.16. The van der Waals surface area contributed by atoms with Crippen molar-refractivity contribution in [2.24, 2.45) is 0 Å². The van der Waals surface area contributed by atoms with E-state index in [4.69, 9.17) is 16.3 Å². The molecule has 0 fully saturated rings. The smallest absolute Gasteiger partial charge is 0.138 e. The fourth-order valence-corrected chi connectivity index (χ4v) is 2.93. The topological polar surface area (TPSA) is 37.4 Å². The second-order valence-electron chi connectivity index (χ2n) is 6.60. The van der Waals surface area contributed by atoms with Crippen molar-refractivity contribution >= 4 is 28.2 Å². The van der Waals surface area contributed by atoms with Crippen LogP contribution in [0.1, 0.15) is 11.3 Å². The Balaban J connectivity index is 1.74. The second kappa shape index (κ2) is 8.39. The van der Waals surface area contributed by atoms with E-state index in [9.17, 15) is 0 Å². The number of aryl methyl sites for hydroxylation is 1. The summed E-state index contributed by atoms with van der Waals surface area (Å²) in [6.07, 6.45) is 0. The summed E-state index contributed by atoms with van der Waals surface area (Å²) in [7, 11) is 4.04. The van der Waals surface area contributed by atoms with E-state index in [2.05, 4.69) is 27.3 Å². The van der Waals surface area contributed by atoms with Gasteiger partial charge in [0.1, 0.15) is 12.4 Å². The molecule has 0 spiro atoms. The van der Waals surface area contributed by atoms with Crippen LogP contribution in [0.4, 0.5) is 5.69 Å². The van der Waals surface area contributed by atoms with Gasteiger partial charge in [0.2, 0.25) is 0 Å². The molecule has 4 nitrogen and oxygen atoms in total. The van der Waals surface area contributed by atoms with Gasteiger partial charge in [0.25, 0.3) is 0 Å². The van der Waals surface area contributed by atoms with Gasteiger partial charge >= 0.3 is 0 Å². The maximum atomic E-state index is 6.26. The molecule has 1 N–H and O–H groups in total. The zero-order valence-electron chi connectivity index (χ0n) is 15.4. The summed E-state index contributed by atoms with van der Waals surface area (Å²) in [4.78, 5) is 6.66. The Morgan fingerprint density at radius 2 is 1.92 bits per heavy atom. The van der Waals surface area contributed by atoms with Crippen LogP contribution in [-0.4, -0.2) is 37.1 Å². The van der Waals surface area contributed by atoms with Crippen LogP contribution in [0, 0.1) is 6.92 Å². The monoisotopic (exact) mass is 369 g/mol. The maximum absolute atomic E-state index is 6.26. The molecule has 0 unspecified atom stereocenters. The van der Waals surface area contributed by atoms with Crippen LogP contribution in [-0.2, 0) is 6.54 Å². The minimum Gasteiger partial charge on any atom is -0.491 e. The highest BCUT2D eigenvalue weighted by Gasteiger charge is 2.06. The maximum Gasteiger partial charge on any atom is 0.138 e. The molecule has 1 heterocycles. The van der Waals surface area contributed by atoms with Crippen LogP contribution in [0.25, 0.3) is 10.9 Å². The molecule has 0 saturated carbocycles. The number of benzene rings is 2. The van der Waals surface area contributed by atoms with E-state index < -0.39 is 0 Å². The lowest BCUT2D eigenvalue weighted by Crippen LogP contribution is -2.19. The number of rotatable bonds is 7. The Morgan fingerprint density at radius 1 is 1.12 bits per heavy atom. The average Bonchev–Trinajstić information content (AvgIpc) is 2.61. The second-order valence-corrected chi connectivity index (χ2v) is 7.01. The van der Waals surface area contributed by atoms with Crippen molar-refractivity contribution in [3.8, 4) is 5.75 Å². The van der Waals surface area contributed by atoms with Gasteiger partial charge in [-0.1, -0.05) is 35.9 Å². The molecule has 0 amide bonds. The lowest BCUT2D eigenvalue weighted by Gasteiger charge is -2.14. The largest absolute Gasteiger partial charge is 0.491 e. The molecule has 3 rings (SSSR count). The summed E-state index contributed by atoms with van der Waals surface area (Å²) in [5.41, 5.74) is 4.19. The summed E-state index contributed by atoms with van der Waals surface area (Å²) in [5.74, 6) is 0.726. The third-order valence-electron chi connectivity index (χ3n) is 4.12. The zero-order valence-corrected chi connectivity index (χ0v) is 16.2. The minimum absolute atomic E-state index is 0.609. The molecule has 0 aliphatic rings. The Morgan fingerprint density at radius 3 is 2.73 bits per heavy atom. The number of nitrogens with one attached hydrogen (secondary N) is 1. The number of ether oxygens (including phenoxy) is 1. The Labute approximate surface area is 159 Å². The number of anilines is 1. The predicted octanol–water partition coefficient (Wildman–Crippen LogP) is 4.75. The molecule has 3 aromatic rings. The third-order valence-corrected chi connectivity index (χ3v) is 4.43. The lowest BCUT2D eigenvalue weighted by molar-refractivity contribution is 0.261. The van der Waals surface area contributed by atoms with Crippen molar-refractivity contribution in [1.29, 1.82) is 0 Å². The standard InChI is InChI=1S/C21H24ClN3O/c1-15-12-20(17-6-4-5-7-19(17)24-15)23-14-16-8-9-18(22)21(13-16)26-11-10-25(2)3/h4-9,12-13H,10-11,14H2,1-3H3,(H,23,24). The lowest BCUT2D eigenvalue weighted by atomic mass is 10.1. The van der Waals surface area contributed by atoms with Crippen molar-refractivity contribution in [2.75, 3.05) is 32.6 Å². The molecule has 0 atom stereocenters. The highest BCUT2D eigenvalue weighted by Crippen LogP contribution is 2.27. The van der Waals surface area contributed by atoms with Crippen LogP contribution in [0.3, 0.4) is 0 Å². The average molecular weight is 370 g/mol. The SMILES string of the molecule is Cc1cc(NCc2ccc(Cl)c(OCCN(C)C)c2)c2ccccc2n1. The molecule has 26 heavy (non-hydrogen) atoms. The van der Waals surface area contributed by atoms with Gasteiger partial charge < -0.3 is 15.0 Å². The van der Waals surface area contributed by atoms with Gasteiger partial charge in [-0.25, -0.2) is 0 Å². The molecule has 0 radical (unpaired) electrons. The predicted molar refractivity (Wildman–Crippen MR) is 109 cm³/mol. The Bertz CT molecular complexity index is 896. The van der Waals surface area contributed by atoms with Crippen LogP contribution >= 0.6 is 11.6 Å². The first-order valence-corrected chi connectivity index (χ1v) is 9.07. The molecule has 0 aliphatic carbocycles. The Kier molecular flexibility index (Phi) is 5.96. The number of halogens is 1. The number of nitrogens with zero attached hydrogens (tertiary/aromatic N) is 2. The van der Waals surface area contributed by atoms with Crippen LogP contribution in [0.15, 0.2) is 48.5 Å². The first-order chi connectivity index (χ1) is 12.5. The van der Waals surface area contributed by atoms with Crippen molar-refractivity contribution in [1.82, 2.24) is 9.88 Å². The summed E-state index contributed by atoms with van der Waals surface area (Å²) in [6, 6.07) is 16.1. The van der Waals surface area contributed by atoms with Crippen molar-refractivity contribution < 1.29 is 4.74 Å². The Hall–Kier alpha value is -2.30. The van der Waals surface area contributed by atoms with Gasteiger partial charge in [0, 0.05) is 29.9 Å². The fraction of sp³-hybridized carbons (Fsp3) is 0.286. The van der Waals surface area contributed by atoms with E-state index in [0.717, 1.165) is 40.1 Å². The molecule has 0 saturated heterocycles. The van der Waals surface area contributed by atoms with Crippen molar-refractivity contribution in [3.05, 3.63) is 64.8 Å². The molecule has 136 valence electrons. The summed E-state index contributed by atoms with van der Waals surface area (Å²) >= 11 is 6.26. The van der Waals surface area contributed by atoms with E-state index in [-0.39, 0.29) is 0 Å². The quantitative estimate of drug-likeness (QED) is 0.652. The highest BCUT2D eigenvalue weighted by atomic mass is 35.5. The first kappa shape index (κ1) is 18.5. The van der Waals surface area contributed by atoms with E-state index in [1.165, 1.54) is 0 Å². The van der Waals surface area contributed by atoms with E-state index in [1.807, 2.05) is 57.4 Å². The van der Waals surface area contributed by atoms with Crippen LogP contribution in [0.2, 0.25) is 5.02 Å². The summed E-state index contributed by atoms with van der Waals surface area (Å²) < 4.78 is 5.82. The third kappa shape index (κ3) is 4.65. The number of hydrogen-bond acceptors (Lipinski definition) is 4.